The van der Waals surface area contributed by atoms with E-state index in [0.29, 0.717) is 0 Å². The quantitative estimate of drug-likeness (QED) is 0.691. The van der Waals surface area contributed by atoms with Crippen molar-refractivity contribution in [1.29, 1.82) is 0 Å². The largest absolute Gasteiger partial charge is 0.387 e. The van der Waals surface area contributed by atoms with Crippen molar-refractivity contribution in [3.05, 3.63) is 75.8 Å². The van der Waals surface area contributed by atoms with Crippen LogP contribution in [0, 0.1) is 10.1 Å². The summed E-state index contributed by atoms with van der Waals surface area (Å²) in [6, 6.07) is 14.1. The van der Waals surface area contributed by atoms with Gasteiger partial charge >= 0.3 is 0 Å². The first-order chi connectivity index (χ1) is 10.1. The van der Waals surface area contributed by atoms with Crippen LogP contribution in [0.15, 0.2) is 59.5 Å². The van der Waals surface area contributed by atoms with E-state index in [9.17, 15) is 15.2 Å². The number of nitrogens with zero attached hydrogens (tertiary/aromatic N) is 1. The van der Waals surface area contributed by atoms with Gasteiger partial charge in [0.25, 0.3) is 5.69 Å². The average Bonchev–Trinajstić information content (AvgIpc) is 2.51. The molecule has 0 bridgehead atoms. The van der Waals surface area contributed by atoms with Gasteiger partial charge in [-0.1, -0.05) is 36.4 Å². The van der Waals surface area contributed by atoms with Gasteiger partial charge in [0.05, 0.1) is 16.3 Å². The summed E-state index contributed by atoms with van der Waals surface area (Å²) in [4.78, 5) is 11.1. The summed E-state index contributed by atoms with van der Waals surface area (Å²) in [5.41, 5.74) is 2.02. The summed E-state index contributed by atoms with van der Waals surface area (Å²) < 4.78 is 0. The topological polar surface area (TPSA) is 63.4 Å². The lowest BCUT2D eigenvalue weighted by molar-refractivity contribution is -0.384. The second-order valence-corrected chi connectivity index (χ2v) is 6.02. The number of hydrogen-bond donors (Lipinski definition) is 1. The van der Waals surface area contributed by atoms with Crippen LogP contribution >= 0.6 is 11.8 Å². The van der Waals surface area contributed by atoms with Gasteiger partial charge in [-0.05, 0) is 23.3 Å². The van der Waals surface area contributed by atoms with Gasteiger partial charge in [-0.2, -0.15) is 0 Å². The maximum atomic E-state index is 10.6. The highest BCUT2D eigenvalue weighted by atomic mass is 32.2. The van der Waals surface area contributed by atoms with Crippen molar-refractivity contribution in [2.45, 2.75) is 16.2 Å². The number of aliphatic hydroxyl groups is 1. The monoisotopic (exact) mass is 299 g/mol. The Kier molecular flexibility index (Phi) is 3.77. The number of benzene rings is 2. The summed E-state index contributed by atoms with van der Waals surface area (Å²) in [7, 11) is 0. The van der Waals surface area contributed by atoms with Crippen molar-refractivity contribution >= 4 is 23.5 Å². The number of non-ortho nitro benzene ring substituents is 1. The molecule has 0 heterocycles. The van der Waals surface area contributed by atoms with Gasteiger partial charge in [0.15, 0.2) is 0 Å². The van der Waals surface area contributed by atoms with Crippen LogP contribution in [-0.4, -0.2) is 15.3 Å². The van der Waals surface area contributed by atoms with E-state index in [1.54, 1.807) is 12.1 Å². The summed E-state index contributed by atoms with van der Waals surface area (Å²) in [6.07, 6.45) is 3.40. The molecule has 1 aliphatic rings. The molecule has 0 saturated heterocycles. The highest BCUT2D eigenvalue weighted by Crippen LogP contribution is 2.38. The van der Waals surface area contributed by atoms with Gasteiger partial charge in [-0.25, -0.2) is 0 Å². The van der Waals surface area contributed by atoms with E-state index in [4.69, 9.17) is 0 Å². The maximum absolute atomic E-state index is 10.6. The molecule has 0 spiro atoms. The maximum Gasteiger partial charge on any atom is 0.269 e. The predicted octanol–water partition coefficient (Wildman–Crippen LogP) is 3.82. The summed E-state index contributed by atoms with van der Waals surface area (Å²) >= 11 is 1.50. The van der Waals surface area contributed by atoms with Gasteiger partial charge in [0, 0.05) is 17.0 Å². The van der Waals surface area contributed by atoms with Gasteiger partial charge in [-0.3, -0.25) is 10.1 Å². The SMILES string of the molecule is O=[N+]([O-])c1ccc(S[C@@H]2C=Cc3ccccc3[C@H]2O)cc1. The molecule has 0 fully saturated rings. The molecule has 1 aliphatic carbocycles. The van der Waals surface area contributed by atoms with E-state index in [1.807, 2.05) is 36.4 Å². The first-order valence-corrected chi connectivity index (χ1v) is 7.39. The first-order valence-electron chi connectivity index (χ1n) is 6.51. The van der Waals surface area contributed by atoms with E-state index in [2.05, 4.69) is 0 Å². The third kappa shape index (κ3) is 2.84. The van der Waals surface area contributed by atoms with Crippen LogP contribution in [0.3, 0.4) is 0 Å². The predicted molar refractivity (Wildman–Crippen MR) is 83.2 cm³/mol. The lowest BCUT2D eigenvalue weighted by atomic mass is 9.95. The highest BCUT2D eigenvalue weighted by molar-refractivity contribution is 8.00. The Morgan fingerprint density at radius 1 is 1.10 bits per heavy atom. The first kappa shape index (κ1) is 13.9. The lowest BCUT2D eigenvalue weighted by Crippen LogP contribution is -2.16. The van der Waals surface area contributed by atoms with Crippen molar-refractivity contribution in [2.75, 3.05) is 0 Å². The third-order valence-electron chi connectivity index (χ3n) is 3.41. The van der Waals surface area contributed by atoms with Crippen LogP contribution < -0.4 is 0 Å². The van der Waals surface area contributed by atoms with Crippen LogP contribution in [0.1, 0.15) is 17.2 Å². The van der Waals surface area contributed by atoms with Crippen molar-refractivity contribution in [2.24, 2.45) is 0 Å². The van der Waals surface area contributed by atoms with Gasteiger partial charge < -0.3 is 5.11 Å². The normalized spacial score (nSPS) is 20.0. The minimum absolute atomic E-state index is 0.0735. The number of hydrogen-bond acceptors (Lipinski definition) is 4. The average molecular weight is 299 g/mol. The molecule has 4 nitrogen and oxygen atoms in total. The number of aliphatic hydroxyl groups excluding tert-OH is 1. The molecule has 3 rings (SSSR count). The van der Waals surface area contributed by atoms with Crippen LogP contribution in [0.2, 0.25) is 0 Å². The minimum atomic E-state index is -0.577. The fourth-order valence-corrected chi connectivity index (χ4v) is 3.36. The Morgan fingerprint density at radius 2 is 1.81 bits per heavy atom. The zero-order valence-corrected chi connectivity index (χ0v) is 11.9. The molecule has 0 radical (unpaired) electrons. The van der Waals surface area contributed by atoms with Crippen LogP contribution in [0.25, 0.3) is 6.08 Å². The van der Waals surface area contributed by atoms with E-state index >= 15 is 0 Å². The number of thioether (sulfide) groups is 1. The molecular formula is C16H13NO3S. The Balaban J connectivity index is 1.79. The van der Waals surface area contributed by atoms with E-state index in [1.165, 1.54) is 23.9 Å². The number of nitro benzene ring substituents is 1. The van der Waals surface area contributed by atoms with Crippen molar-refractivity contribution < 1.29 is 10.0 Å². The molecule has 0 amide bonds. The molecule has 1 N–H and O–H groups in total. The Hall–Kier alpha value is -2.11. The zero-order valence-electron chi connectivity index (χ0n) is 11.0. The van der Waals surface area contributed by atoms with Crippen LogP contribution in [0.5, 0.6) is 0 Å². The summed E-state index contributed by atoms with van der Waals surface area (Å²) in [5.74, 6) is 0. The molecule has 2 aromatic carbocycles. The number of nitro groups is 1. The molecule has 0 unspecified atom stereocenters. The van der Waals surface area contributed by atoms with E-state index in [-0.39, 0.29) is 10.9 Å². The Bertz CT molecular complexity index is 697. The Labute approximate surface area is 126 Å². The second kappa shape index (κ2) is 5.71. The summed E-state index contributed by atoms with van der Waals surface area (Å²) in [6.45, 7) is 0. The molecule has 21 heavy (non-hydrogen) atoms. The molecule has 0 saturated carbocycles. The third-order valence-corrected chi connectivity index (χ3v) is 4.64. The van der Waals surface area contributed by atoms with Gasteiger partial charge in [-0.15, -0.1) is 11.8 Å². The molecule has 2 aromatic rings. The van der Waals surface area contributed by atoms with Crippen LogP contribution in [0.4, 0.5) is 5.69 Å². The molecule has 0 aromatic heterocycles. The lowest BCUT2D eigenvalue weighted by Gasteiger charge is -2.25. The fourth-order valence-electron chi connectivity index (χ4n) is 2.32. The molecule has 5 heteroatoms. The molecule has 0 aliphatic heterocycles. The van der Waals surface area contributed by atoms with Gasteiger partial charge in [0.1, 0.15) is 0 Å². The van der Waals surface area contributed by atoms with Gasteiger partial charge in [0.2, 0.25) is 0 Å². The minimum Gasteiger partial charge on any atom is -0.387 e. The molecule has 106 valence electrons. The second-order valence-electron chi connectivity index (χ2n) is 4.77. The summed E-state index contributed by atoms with van der Waals surface area (Å²) in [5, 5.41) is 21.0. The van der Waals surface area contributed by atoms with E-state index < -0.39 is 11.0 Å². The highest BCUT2D eigenvalue weighted by Gasteiger charge is 2.24. The standard InChI is InChI=1S/C16H13NO3S/c18-16-14-4-2-1-3-11(14)5-10-15(16)21-13-8-6-12(7-9-13)17(19)20/h1-10,15-16,18H/t15-,16-/m1/s1. The van der Waals surface area contributed by atoms with Crippen LogP contribution in [-0.2, 0) is 0 Å². The number of rotatable bonds is 3. The van der Waals surface area contributed by atoms with E-state index in [0.717, 1.165) is 16.0 Å². The van der Waals surface area contributed by atoms with Crippen molar-refractivity contribution in [3.63, 3.8) is 0 Å². The molecular weight excluding hydrogens is 286 g/mol. The van der Waals surface area contributed by atoms with Crippen molar-refractivity contribution in [3.8, 4) is 0 Å². The smallest absolute Gasteiger partial charge is 0.269 e. The number of fused-ring (bicyclic) bond motifs is 1. The zero-order chi connectivity index (χ0) is 14.8. The molecule has 2 atom stereocenters. The fraction of sp³-hybridized carbons (Fsp3) is 0.125. The Morgan fingerprint density at radius 3 is 2.52 bits per heavy atom. The van der Waals surface area contributed by atoms with Crippen molar-refractivity contribution in [1.82, 2.24) is 0 Å².